The zero-order valence-corrected chi connectivity index (χ0v) is 12.4. The second-order valence-electron chi connectivity index (χ2n) is 5.03. The Morgan fingerprint density at radius 2 is 2.14 bits per heavy atom. The number of hydrogen-bond donors (Lipinski definition) is 2. The summed E-state index contributed by atoms with van der Waals surface area (Å²) in [4.78, 5) is 33.0. The standard InChI is InChI=1S/C15H20N2O5/c1-2-3-7-13(15(19)20)16-14(18)9-8-11-5-4-6-12(10-11)17(21)22/h4-6,10,13H,2-3,7-9H2,1H3,(H,16,18)(H,19,20)/t13-/m0/s1. The van der Waals surface area contributed by atoms with Gasteiger partial charge in [0.05, 0.1) is 4.92 Å². The van der Waals surface area contributed by atoms with Crippen LogP contribution in [0, 0.1) is 10.1 Å². The van der Waals surface area contributed by atoms with Gasteiger partial charge < -0.3 is 10.4 Å². The molecule has 22 heavy (non-hydrogen) atoms. The van der Waals surface area contributed by atoms with E-state index < -0.39 is 16.9 Å². The molecule has 0 saturated carbocycles. The quantitative estimate of drug-likeness (QED) is 0.537. The molecule has 7 nitrogen and oxygen atoms in total. The third-order valence-corrected chi connectivity index (χ3v) is 3.24. The van der Waals surface area contributed by atoms with Gasteiger partial charge in [0.15, 0.2) is 0 Å². The van der Waals surface area contributed by atoms with Gasteiger partial charge in [-0.2, -0.15) is 0 Å². The van der Waals surface area contributed by atoms with Crippen LogP contribution in [0.25, 0.3) is 0 Å². The maximum absolute atomic E-state index is 11.8. The minimum atomic E-state index is -1.04. The van der Waals surface area contributed by atoms with E-state index in [1.165, 1.54) is 12.1 Å². The molecule has 0 spiro atoms. The molecule has 0 saturated heterocycles. The highest BCUT2D eigenvalue weighted by atomic mass is 16.6. The summed E-state index contributed by atoms with van der Waals surface area (Å²) in [5.74, 6) is -1.41. The zero-order valence-electron chi connectivity index (χ0n) is 12.4. The summed E-state index contributed by atoms with van der Waals surface area (Å²) in [6, 6.07) is 5.18. The van der Waals surface area contributed by atoms with Crippen LogP contribution in [0.2, 0.25) is 0 Å². The van der Waals surface area contributed by atoms with E-state index in [0.29, 0.717) is 18.4 Å². The van der Waals surface area contributed by atoms with Gasteiger partial charge in [0.2, 0.25) is 5.91 Å². The highest BCUT2D eigenvalue weighted by Gasteiger charge is 2.19. The summed E-state index contributed by atoms with van der Waals surface area (Å²) < 4.78 is 0. The molecule has 1 amide bonds. The van der Waals surface area contributed by atoms with Gasteiger partial charge in [-0.15, -0.1) is 0 Å². The second-order valence-corrected chi connectivity index (χ2v) is 5.03. The fourth-order valence-corrected chi connectivity index (χ4v) is 2.02. The van der Waals surface area contributed by atoms with Crippen molar-refractivity contribution in [3.05, 3.63) is 39.9 Å². The molecule has 1 rings (SSSR count). The molecule has 120 valence electrons. The Kier molecular flexibility index (Phi) is 7.01. The number of nitrogens with one attached hydrogen (secondary N) is 1. The molecule has 0 bridgehead atoms. The minimum Gasteiger partial charge on any atom is -0.480 e. The van der Waals surface area contributed by atoms with Gasteiger partial charge in [0, 0.05) is 18.6 Å². The van der Waals surface area contributed by atoms with Crippen molar-refractivity contribution in [3.8, 4) is 0 Å². The van der Waals surface area contributed by atoms with Gasteiger partial charge in [0.25, 0.3) is 5.69 Å². The number of aliphatic carboxylic acids is 1. The summed E-state index contributed by atoms with van der Waals surface area (Å²) in [7, 11) is 0. The van der Waals surface area contributed by atoms with E-state index in [0.717, 1.165) is 12.8 Å². The molecule has 0 aliphatic rings. The normalized spacial score (nSPS) is 11.7. The van der Waals surface area contributed by atoms with Crippen LogP contribution in [0.1, 0.15) is 38.2 Å². The Hall–Kier alpha value is -2.44. The summed E-state index contributed by atoms with van der Waals surface area (Å²) >= 11 is 0. The van der Waals surface area contributed by atoms with Crippen molar-refractivity contribution in [1.82, 2.24) is 5.32 Å². The van der Waals surface area contributed by atoms with E-state index in [2.05, 4.69) is 5.32 Å². The average molecular weight is 308 g/mol. The summed E-state index contributed by atoms with van der Waals surface area (Å²) in [6.45, 7) is 1.95. The first-order chi connectivity index (χ1) is 10.4. The van der Waals surface area contributed by atoms with E-state index >= 15 is 0 Å². The summed E-state index contributed by atoms with van der Waals surface area (Å²) in [5, 5.41) is 22.2. The lowest BCUT2D eigenvalue weighted by molar-refractivity contribution is -0.384. The van der Waals surface area contributed by atoms with Crippen LogP contribution >= 0.6 is 0 Å². The number of benzene rings is 1. The average Bonchev–Trinajstić information content (AvgIpc) is 2.49. The first-order valence-corrected chi connectivity index (χ1v) is 7.19. The predicted molar refractivity (Wildman–Crippen MR) is 80.5 cm³/mol. The maximum atomic E-state index is 11.8. The van der Waals surface area contributed by atoms with Crippen molar-refractivity contribution in [2.75, 3.05) is 0 Å². The maximum Gasteiger partial charge on any atom is 0.326 e. The molecule has 0 heterocycles. The first-order valence-electron chi connectivity index (χ1n) is 7.19. The highest BCUT2D eigenvalue weighted by molar-refractivity contribution is 5.83. The number of carboxylic acid groups (broad SMARTS) is 1. The number of aryl methyl sites for hydroxylation is 1. The Bertz CT molecular complexity index is 544. The van der Waals surface area contributed by atoms with Crippen LogP contribution < -0.4 is 5.32 Å². The lowest BCUT2D eigenvalue weighted by atomic mass is 10.1. The molecule has 0 aliphatic heterocycles. The Balaban J connectivity index is 2.52. The van der Waals surface area contributed by atoms with E-state index in [4.69, 9.17) is 5.11 Å². The minimum absolute atomic E-state index is 0.0238. The van der Waals surface area contributed by atoms with Crippen molar-refractivity contribution in [3.63, 3.8) is 0 Å². The van der Waals surface area contributed by atoms with Gasteiger partial charge in [-0.25, -0.2) is 4.79 Å². The van der Waals surface area contributed by atoms with E-state index in [9.17, 15) is 19.7 Å². The number of nitro groups is 1. The molecular weight excluding hydrogens is 288 g/mol. The third kappa shape index (κ3) is 5.90. The molecule has 1 atom stereocenters. The van der Waals surface area contributed by atoms with Crippen LogP contribution in [0.4, 0.5) is 5.69 Å². The number of rotatable bonds is 9. The number of hydrogen-bond acceptors (Lipinski definition) is 4. The monoisotopic (exact) mass is 308 g/mol. The van der Waals surface area contributed by atoms with Crippen molar-refractivity contribution >= 4 is 17.6 Å². The van der Waals surface area contributed by atoms with Gasteiger partial charge in [-0.3, -0.25) is 14.9 Å². The molecule has 0 unspecified atom stereocenters. The molecule has 0 radical (unpaired) electrons. The number of carbonyl (C=O) groups excluding carboxylic acids is 1. The lowest BCUT2D eigenvalue weighted by Gasteiger charge is -2.14. The summed E-state index contributed by atoms with van der Waals surface area (Å²) in [5.41, 5.74) is 0.647. The van der Waals surface area contributed by atoms with Crippen molar-refractivity contribution in [2.45, 2.75) is 45.1 Å². The number of nitrogens with zero attached hydrogens (tertiary/aromatic N) is 1. The first kappa shape index (κ1) is 17.6. The summed E-state index contributed by atoms with van der Waals surface area (Å²) in [6.07, 6.45) is 2.40. The van der Waals surface area contributed by atoms with E-state index in [-0.39, 0.29) is 18.0 Å². The molecule has 0 aromatic heterocycles. The van der Waals surface area contributed by atoms with Gasteiger partial charge in [-0.05, 0) is 18.4 Å². The van der Waals surface area contributed by atoms with Crippen molar-refractivity contribution in [1.29, 1.82) is 0 Å². The second kappa shape index (κ2) is 8.76. The largest absolute Gasteiger partial charge is 0.480 e. The van der Waals surface area contributed by atoms with Crippen LogP contribution in [0.5, 0.6) is 0 Å². The van der Waals surface area contributed by atoms with Crippen molar-refractivity contribution < 1.29 is 19.6 Å². The molecule has 1 aromatic rings. The van der Waals surface area contributed by atoms with Crippen molar-refractivity contribution in [2.24, 2.45) is 0 Å². The zero-order chi connectivity index (χ0) is 16.5. The SMILES string of the molecule is CCCC[C@H](NC(=O)CCc1cccc([N+](=O)[O-])c1)C(=O)O. The molecule has 1 aromatic carbocycles. The molecular formula is C15H20N2O5. The fraction of sp³-hybridized carbons (Fsp3) is 0.467. The molecule has 0 aliphatic carbocycles. The fourth-order valence-electron chi connectivity index (χ4n) is 2.02. The van der Waals surface area contributed by atoms with Crippen LogP contribution in [-0.4, -0.2) is 27.9 Å². The number of carboxylic acids is 1. The number of nitro benzene ring substituents is 1. The van der Waals surface area contributed by atoms with Gasteiger partial charge in [0.1, 0.15) is 6.04 Å². The third-order valence-electron chi connectivity index (χ3n) is 3.24. The lowest BCUT2D eigenvalue weighted by Crippen LogP contribution is -2.40. The number of unbranched alkanes of at least 4 members (excludes halogenated alkanes) is 1. The Morgan fingerprint density at radius 3 is 2.73 bits per heavy atom. The molecule has 7 heteroatoms. The van der Waals surface area contributed by atoms with Crippen LogP contribution in [0.15, 0.2) is 24.3 Å². The van der Waals surface area contributed by atoms with Gasteiger partial charge in [-0.1, -0.05) is 31.9 Å². The number of non-ortho nitro benzene ring substituents is 1. The smallest absolute Gasteiger partial charge is 0.326 e. The Labute approximate surface area is 128 Å². The highest BCUT2D eigenvalue weighted by Crippen LogP contribution is 2.14. The topological polar surface area (TPSA) is 110 Å². The van der Waals surface area contributed by atoms with Crippen LogP contribution in [-0.2, 0) is 16.0 Å². The molecule has 2 N–H and O–H groups in total. The van der Waals surface area contributed by atoms with Gasteiger partial charge >= 0.3 is 5.97 Å². The number of carbonyl (C=O) groups is 2. The number of amides is 1. The molecule has 0 fully saturated rings. The predicted octanol–water partition coefficient (Wildman–Crippen LogP) is 2.29. The van der Waals surface area contributed by atoms with E-state index in [1.807, 2.05) is 6.92 Å². The van der Waals surface area contributed by atoms with Crippen LogP contribution in [0.3, 0.4) is 0 Å². The Morgan fingerprint density at radius 1 is 1.41 bits per heavy atom. The van der Waals surface area contributed by atoms with E-state index in [1.54, 1.807) is 12.1 Å².